The second-order valence-electron chi connectivity index (χ2n) is 9.18. The molecule has 0 aromatic heterocycles. The van der Waals surface area contributed by atoms with Crippen LogP contribution in [-0.4, -0.2) is 30.6 Å². The summed E-state index contributed by atoms with van der Waals surface area (Å²) in [5.41, 5.74) is 3.12. The van der Waals surface area contributed by atoms with Gasteiger partial charge in [0, 0.05) is 38.1 Å². The zero-order valence-electron chi connectivity index (χ0n) is 16.5. The maximum absolute atomic E-state index is 13.1. The molecular weight excluding hydrogens is 373 g/mol. The number of halogens is 3. The van der Waals surface area contributed by atoms with E-state index in [1.54, 1.807) is 6.07 Å². The van der Waals surface area contributed by atoms with Gasteiger partial charge in [0.15, 0.2) is 0 Å². The van der Waals surface area contributed by atoms with Gasteiger partial charge in [0.05, 0.1) is 5.56 Å². The first-order chi connectivity index (χ1) is 13.9. The number of nitrogens with one attached hydrogen (secondary N) is 1. The van der Waals surface area contributed by atoms with E-state index in [-0.39, 0.29) is 0 Å². The van der Waals surface area contributed by atoms with Crippen LogP contribution in [0.1, 0.15) is 47.4 Å². The molecule has 3 aliphatic rings. The summed E-state index contributed by atoms with van der Waals surface area (Å²) in [6, 6.07) is 15.5. The van der Waals surface area contributed by atoms with Gasteiger partial charge in [-0.3, -0.25) is 4.90 Å². The van der Waals surface area contributed by atoms with Gasteiger partial charge in [0.25, 0.3) is 0 Å². The summed E-state index contributed by atoms with van der Waals surface area (Å²) in [4.78, 5) is 2.36. The predicted molar refractivity (Wildman–Crippen MR) is 108 cm³/mol. The molecule has 2 fully saturated rings. The van der Waals surface area contributed by atoms with E-state index in [0.717, 1.165) is 37.2 Å². The summed E-state index contributed by atoms with van der Waals surface area (Å²) in [6.45, 7) is 3.58. The molecule has 5 rings (SSSR count). The maximum atomic E-state index is 13.1. The van der Waals surface area contributed by atoms with Crippen LogP contribution in [0.3, 0.4) is 0 Å². The minimum absolute atomic E-state index is 0.309. The fraction of sp³-hybridized carbons (Fsp3) is 0.500. The first kappa shape index (κ1) is 19.1. The molecule has 2 nitrogen and oxygen atoms in total. The topological polar surface area (TPSA) is 15.3 Å². The molecule has 0 radical (unpaired) electrons. The number of hydrogen-bond acceptors (Lipinski definition) is 2. The Morgan fingerprint density at radius 1 is 1.03 bits per heavy atom. The first-order valence-electron chi connectivity index (χ1n) is 10.6. The van der Waals surface area contributed by atoms with Gasteiger partial charge in [-0.2, -0.15) is 13.2 Å². The van der Waals surface area contributed by atoms with Gasteiger partial charge in [-0.25, -0.2) is 0 Å². The predicted octanol–water partition coefficient (Wildman–Crippen LogP) is 4.99. The minimum atomic E-state index is -4.27. The van der Waals surface area contributed by atoms with Gasteiger partial charge >= 0.3 is 6.18 Å². The second-order valence-corrected chi connectivity index (χ2v) is 9.18. The highest BCUT2D eigenvalue weighted by atomic mass is 19.4. The Hall–Kier alpha value is -1.85. The van der Waals surface area contributed by atoms with Crippen LogP contribution in [0.5, 0.6) is 0 Å². The van der Waals surface area contributed by atoms with Crippen LogP contribution in [-0.2, 0) is 19.1 Å². The number of fused-ring (bicyclic) bond motifs is 1. The highest BCUT2D eigenvalue weighted by Gasteiger charge is 2.46. The third kappa shape index (κ3) is 4.22. The Kier molecular flexibility index (Phi) is 4.71. The second kappa shape index (κ2) is 7.13. The summed E-state index contributed by atoms with van der Waals surface area (Å²) < 4.78 is 39.2. The van der Waals surface area contributed by atoms with Crippen molar-refractivity contribution in [3.05, 3.63) is 70.8 Å². The van der Waals surface area contributed by atoms with E-state index in [0.29, 0.717) is 23.9 Å². The molecule has 0 saturated heterocycles. The van der Waals surface area contributed by atoms with Crippen molar-refractivity contribution in [2.24, 2.45) is 5.41 Å². The fourth-order valence-corrected chi connectivity index (χ4v) is 4.81. The number of benzene rings is 2. The molecule has 154 valence electrons. The van der Waals surface area contributed by atoms with E-state index in [2.05, 4.69) is 40.5 Å². The molecule has 0 bridgehead atoms. The van der Waals surface area contributed by atoms with Gasteiger partial charge in [-0.05, 0) is 59.9 Å². The van der Waals surface area contributed by atoms with E-state index in [1.165, 1.54) is 37.0 Å². The van der Waals surface area contributed by atoms with Gasteiger partial charge < -0.3 is 5.32 Å². The third-order valence-corrected chi connectivity index (χ3v) is 6.90. The molecule has 29 heavy (non-hydrogen) atoms. The zero-order valence-corrected chi connectivity index (χ0v) is 16.5. The van der Waals surface area contributed by atoms with E-state index < -0.39 is 11.7 Å². The lowest BCUT2D eigenvalue weighted by molar-refractivity contribution is -0.137. The van der Waals surface area contributed by atoms with E-state index in [4.69, 9.17) is 0 Å². The van der Waals surface area contributed by atoms with Crippen LogP contribution < -0.4 is 5.32 Å². The van der Waals surface area contributed by atoms with Gasteiger partial charge in [0.1, 0.15) is 0 Å². The Labute approximate surface area is 170 Å². The Morgan fingerprint density at radius 3 is 2.55 bits per heavy atom. The van der Waals surface area contributed by atoms with Crippen LogP contribution in [0.25, 0.3) is 0 Å². The molecule has 2 aliphatic carbocycles. The first-order valence-corrected chi connectivity index (χ1v) is 10.6. The Morgan fingerprint density at radius 2 is 1.83 bits per heavy atom. The van der Waals surface area contributed by atoms with Crippen molar-refractivity contribution in [2.45, 2.75) is 50.4 Å². The number of hydrogen-bond donors (Lipinski definition) is 1. The zero-order chi connectivity index (χ0) is 20.1. The van der Waals surface area contributed by atoms with Crippen LogP contribution in [0.2, 0.25) is 0 Å². The smallest absolute Gasteiger partial charge is 0.313 e. The standard InChI is InChI=1S/C24H27F3N2/c25-24(26,27)20-7-6-17-8-11-29(14-19(17)12-20)16-23(9-10-23)15-28-22-13-21(22)18-4-2-1-3-5-18/h1-7,12,21-22,28H,8-11,13-16H2/t21-,22+/m1/s1. The average Bonchev–Trinajstić information content (AvgIpc) is 3.62. The molecule has 1 N–H and O–H groups in total. The van der Waals surface area contributed by atoms with Crippen molar-refractivity contribution in [3.63, 3.8) is 0 Å². The molecule has 2 saturated carbocycles. The minimum Gasteiger partial charge on any atom is -0.313 e. The molecule has 1 heterocycles. The summed E-state index contributed by atoms with van der Waals surface area (Å²) >= 11 is 0. The molecule has 2 aromatic carbocycles. The normalized spacial score (nSPS) is 25.5. The summed E-state index contributed by atoms with van der Waals surface area (Å²) in [6.07, 6.45) is 0.217. The van der Waals surface area contributed by atoms with Crippen molar-refractivity contribution >= 4 is 0 Å². The van der Waals surface area contributed by atoms with E-state index >= 15 is 0 Å². The third-order valence-electron chi connectivity index (χ3n) is 6.90. The largest absolute Gasteiger partial charge is 0.416 e. The van der Waals surface area contributed by atoms with E-state index in [1.807, 2.05) is 0 Å². The van der Waals surface area contributed by atoms with Crippen LogP contribution in [0.4, 0.5) is 13.2 Å². The summed E-state index contributed by atoms with van der Waals surface area (Å²) in [5, 5.41) is 3.77. The monoisotopic (exact) mass is 400 g/mol. The summed E-state index contributed by atoms with van der Waals surface area (Å²) in [7, 11) is 0. The quantitative estimate of drug-likeness (QED) is 0.735. The van der Waals surface area contributed by atoms with Gasteiger partial charge in [-0.1, -0.05) is 36.4 Å². The molecule has 5 heteroatoms. The lowest BCUT2D eigenvalue weighted by Gasteiger charge is -2.32. The number of nitrogens with zero attached hydrogens (tertiary/aromatic N) is 1. The Balaban J connectivity index is 1.16. The lowest BCUT2D eigenvalue weighted by atomic mass is 9.95. The lowest BCUT2D eigenvalue weighted by Crippen LogP contribution is -2.39. The van der Waals surface area contributed by atoms with Crippen LogP contribution in [0.15, 0.2) is 48.5 Å². The molecular formula is C24H27F3N2. The van der Waals surface area contributed by atoms with Crippen molar-refractivity contribution in [1.29, 1.82) is 0 Å². The fourth-order valence-electron chi connectivity index (χ4n) is 4.81. The average molecular weight is 400 g/mol. The molecule has 0 unspecified atom stereocenters. The summed E-state index contributed by atoms with van der Waals surface area (Å²) in [5.74, 6) is 0.634. The maximum Gasteiger partial charge on any atom is 0.416 e. The number of rotatable bonds is 6. The molecule has 0 amide bonds. The molecule has 0 spiro atoms. The molecule has 2 aromatic rings. The molecule has 2 atom stereocenters. The highest BCUT2D eigenvalue weighted by molar-refractivity contribution is 5.35. The van der Waals surface area contributed by atoms with Gasteiger partial charge in [-0.15, -0.1) is 0 Å². The molecule has 1 aliphatic heterocycles. The highest BCUT2D eigenvalue weighted by Crippen LogP contribution is 2.48. The van der Waals surface area contributed by atoms with E-state index in [9.17, 15) is 13.2 Å². The SMILES string of the molecule is FC(F)(F)c1ccc2c(c1)CN(CC1(CN[C@H]3C[C@@H]3c3ccccc3)CC1)CC2. The Bertz CT molecular complexity index is 873. The van der Waals surface area contributed by atoms with Crippen molar-refractivity contribution in [2.75, 3.05) is 19.6 Å². The van der Waals surface area contributed by atoms with Crippen molar-refractivity contribution in [3.8, 4) is 0 Å². The van der Waals surface area contributed by atoms with Crippen LogP contribution in [0, 0.1) is 5.41 Å². The van der Waals surface area contributed by atoms with Crippen LogP contribution >= 0.6 is 0 Å². The van der Waals surface area contributed by atoms with Crippen molar-refractivity contribution < 1.29 is 13.2 Å². The number of alkyl halides is 3. The van der Waals surface area contributed by atoms with Gasteiger partial charge in [0.2, 0.25) is 0 Å². The van der Waals surface area contributed by atoms with Crippen molar-refractivity contribution in [1.82, 2.24) is 10.2 Å².